The molecule has 4 heterocycles. The number of H-pyrrole nitrogens is 1. The minimum absolute atomic E-state index is 0.383. The van der Waals surface area contributed by atoms with E-state index in [4.69, 9.17) is 0 Å². The van der Waals surface area contributed by atoms with Crippen molar-refractivity contribution in [3.05, 3.63) is 30.9 Å². The summed E-state index contributed by atoms with van der Waals surface area (Å²) in [5.74, 6) is 2.56. The molecular formula is C16H20N8. The van der Waals surface area contributed by atoms with E-state index in [2.05, 4.69) is 47.1 Å². The molecule has 0 bridgehead atoms. The average molecular weight is 324 g/mol. The van der Waals surface area contributed by atoms with E-state index in [0.717, 1.165) is 42.2 Å². The Morgan fingerprint density at radius 3 is 3.08 bits per heavy atom. The van der Waals surface area contributed by atoms with Crippen LogP contribution in [0.3, 0.4) is 0 Å². The summed E-state index contributed by atoms with van der Waals surface area (Å²) in [6, 6.07) is 4.36. The first-order chi connectivity index (χ1) is 11.8. The second kappa shape index (κ2) is 5.95. The van der Waals surface area contributed by atoms with Crippen LogP contribution < -0.4 is 15.1 Å². The molecule has 1 saturated heterocycles. The van der Waals surface area contributed by atoms with Crippen molar-refractivity contribution in [3.8, 4) is 0 Å². The maximum atomic E-state index is 4.53. The van der Waals surface area contributed by atoms with Crippen LogP contribution in [0, 0.1) is 0 Å². The van der Waals surface area contributed by atoms with E-state index in [1.165, 1.54) is 0 Å². The monoisotopic (exact) mass is 324 g/mol. The van der Waals surface area contributed by atoms with E-state index in [-0.39, 0.29) is 0 Å². The van der Waals surface area contributed by atoms with E-state index in [1.54, 1.807) is 12.5 Å². The second-order valence-corrected chi connectivity index (χ2v) is 5.93. The summed E-state index contributed by atoms with van der Waals surface area (Å²) in [4.78, 5) is 25.2. The first-order valence-electron chi connectivity index (χ1n) is 8.03. The molecule has 1 atom stereocenters. The van der Waals surface area contributed by atoms with E-state index >= 15 is 0 Å². The summed E-state index contributed by atoms with van der Waals surface area (Å²) in [5, 5.41) is 4.05. The fraction of sp³-hybridized carbons (Fsp3) is 0.375. The third-order valence-corrected chi connectivity index (χ3v) is 4.57. The number of nitrogens with one attached hydrogen (secondary N) is 2. The lowest BCUT2D eigenvalue weighted by atomic mass is 10.2. The number of aromatic nitrogens is 5. The molecule has 8 heteroatoms. The summed E-state index contributed by atoms with van der Waals surface area (Å²) in [6.45, 7) is 1.88. The second-order valence-electron chi connectivity index (χ2n) is 5.93. The highest BCUT2D eigenvalue weighted by atomic mass is 15.3. The van der Waals surface area contributed by atoms with Crippen molar-refractivity contribution in [2.45, 2.75) is 12.5 Å². The molecule has 0 spiro atoms. The molecule has 3 aromatic rings. The fourth-order valence-electron chi connectivity index (χ4n) is 3.21. The molecular weight excluding hydrogens is 304 g/mol. The zero-order chi connectivity index (χ0) is 16.5. The number of hydrogen-bond donors (Lipinski definition) is 2. The maximum absolute atomic E-state index is 4.53. The van der Waals surface area contributed by atoms with Crippen LogP contribution in [0.4, 0.5) is 17.6 Å². The summed E-state index contributed by atoms with van der Waals surface area (Å²) in [5.41, 5.74) is 0.881. The Kier molecular flexibility index (Phi) is 3.64. The molecule has 8 nitrogen and oxygen atoms in total. The van der Waals surface area contributed by atoms with Crippen molar-refractivity contribution >= 4 is 28.6 Å². The van der Waals surface area contributed by atoms with Gasteiger partial charge in [-0.2, -0.15) is 4.98 Å². The van der Waals surface area contributed by atoms with E-state index in [1.807, 2.05) is 25.4 Å². The zero-order valence-corrected chi connectivity index (χ0v) is 13.8. The smallest absolute Gasteiger partial charge is 0.224 e. The number of hydrogen-bond acceptors (Lipinski definition) is 7. The highest BCUT2D eigenvalue weighted by Gasteiger charge is 2.28. The standard InChI is InChI=1S/C16H20N8/c1-17-16-19-7-4-13(22-16)23(2)11-5-8-24(9-11)15-12-3-6-18-14(12)20-10-21-15/h3-4,6-7,10-11H,5,8-9H2,1-2H3,(H,17,19,22)(H,18,20,21)/t11-/m1/s1. The molecule has 4 rings (SSSR count). The van der Waals surface area contributed by atoms with Crippen LogP contribution in [0.2, 0.25) is 0 Å². The van der Waals surface area contributed by atoms with Gasteiger partial charge in [0.15, 0.2) is 0 Å². The topological polar surface area (TPSA) is 85.9 Å². The van der Waals surface area contributed by atoms with Gasteiger partial charge in [0.05, 0.1) is 5.39 Å². The maximum Gasteiger partial charge on any atom is 0.224 e. The number of likely N-dealkylation sites (N-methyl/N-ethyl adjacent to an activating group) is 1. The van der Waals surface area contributed by atoms with Gasteiger partial charge >= 0.3 is 0 Å². The number of rotatable bonds is 4. The molecule has 0 saturated carbocycles. The van der Waals surface area contributed by atoms with Crippen molar-refractivity contribution in [1.29, 1.82) is 0 Å². The number of nitrogens with zero attached hydrogens (tertiary/aromatic N) is 6. The first kappa shape index (κ1) is 14.7. The van der Waals surface area contributed by atoms with Crippen LogP contribution in [0.1, 0.15) is 6.42 Å². The molecule has 0 unspecified atom stereocenters. The summed E-state index contributed by atoms with van der Waals surface area (Å²) in [7, 11) is 3.91. The zero-order valence-electron chi connectivity index (χ0n) is 13.8. The molecule has 0 aliphatic carbocycles. The van der Waals surface area contributed by atoms with Gasteiger partial charge in [-0.05, 0) is 18.6 Å². The number of anilines is 3. The molecule has 2 N–H and O–H groups in total. The van der Waals surface area contributed by atoms with Crippen LogP contribution in [-0.4, -0.2) is 58.1 Å². The van der Waals surface area contributed by atoms with Gasteiger partial charge in [0.2, 0.25) is 5.95 Å². The highest BCUT2D eigenvalue weighted by Crippen LogP contribution is 2.28. The van der Waals surface area contributed by atoms with Crippen molar-refractivity contribution in [2.75, 3.05) is 42.3 Å². The SMILES string of the molecule is CNc1nccc(N(C)[C@@H]2CCN(c3ncnc4[nH]ccc34)C2)n1. The first-order valence-corrected chi connectivity index (χ1v) is 8.03. The third-order valence-electron chi connectivity index (χ3n) is 4.57. The molecule has 1 aliphatic rings. The van der Waals surface area contributed by atoms with E-state index < -0.39 is 0 Å². The molecule has 24 heavy (non-hydrogen) atoms. The Balaban J connectivity index is 1.54. The molecule has 0 aromatic carbocycles. The Hall–Kier alpha value is -2.90. The largest absolute Gasteiger partial charge is 0.357 e. The van der Waals surface area contributed by atoms with Crippen molar-refractivity contribution in [2.24, 2.45) is 0 Å². The lowest BCUT2D eigenvalue weighted by Gasteiger charge is -2.26. The van der Waals surface area contributed by atoms with Crippen LogP contribution in [0.25, 0.3) is 11.0 Å². The van der Waals surface area contributed by atoms with Gasteiger partial charge < -0.3 is 20.1 Å². The van der Waals surface area contributed by atoms with Gasteiger partial charge in [0.1, 0.15) is 23.6 Å². The Morgan fingerprint density at radius 1 is 1.29 bits per heavy atom. The predicted octanol–water partition coefficient (Wildman–Crippen LogP) is 1.50. The van der Waals surface area contributed by atoms with Crippen LogP contribution in [-0.2, 0) is 0 Å². The van der Waals surface area contributed by atoms with Gasteiger partial charge in [-0.25, -0.2) is 15.0 Å². The van der Waals surface area contributed by atoms with Crippen LogP contribution in [0.5, 0.6) is 0 Å². The van der Waals surface area contributed by atoms with Gasteiger partial charge in [-0.1, -0.05) is 0 Å². The molecule has 1 aliphatic heterocycles. The Bertz CT molecular complexity index is 845. The molecule has 0 radical (unpaired) electrons. The van der Waals surface area contributed by atoms with Gasteiger partial charge in [0.25, 0.3) is 0 Å². The quantitative estimate of drug-likeness (QED) is 0.752. The van der Waals surface area contributed by atoms with Crippen LogP contribution in [0.15, 0.2) is 30.9 Å². The van der Waals surface area contributed by atoms with Crippen molar-refractivity contribution in [1.82, 2.24) is 24.9 Å². The van der Waals surface area contributed by atoms with Gasteiger partial charge in [0, 0.05) is 45.6 Å². The number of aromatic amines is 1. The van der Waals surface area contributed by atoms with E-state index in [0.29, 0.717) is 12.0 Å². The third kappa shape index (κ3) is 2.49. The summed E-state index contributed by atoms with van der Waals surface area (Å²) in [6.07, 6.45) is 6.37. The highest BCUT2D eigenvalue weighted by molar-refractivity contribution is 5.87. The van der Waals surface area contributed by atoms with E-state index in [9.17, 15) is 0 Å². The average Bonchev–Trinajstić information content (AvgIpc) is 3.30. The molecule has 0 amide bonds. The normalized spacial score (nSPS) is 17.4. The molecule has 1 fully saturated rings. The van der Waals surface area contributed by atoms with Crippen molar-refractivity contribution < 1.29 is 0 Å². The van der Waals surface area contributed by atoms with Gasteiger partial charge in [-0.15, -0.1) is 0 Å². The van der Waals surface area contributed by atoms with Gasteiger partial charge in [-0.3, -0.25) is 0 Å². The summed E-state index contributed by atoms with van der Waals surface area (Å²) < 4.78 is 0. The lowest BCUT2D eigenvalue weighted by Crippen LogP contribution is -2.35. The molecule has 3 aromatic heterocycles. The minimum Gasteiger partial charge on any atom is -0.357 e. The summed E-state index contributed by atoms with van der Waals surface area (Å²) >= 11 is 0. The van der Waals surface area contributed by atoms with Crippen molar-refractivity contribution in [3.63, 3.8) is 0 Å². The predicted molar refractivity (Wildman–Crippen MR) is 94.5 cm³/mol. The molecule has 124 valence electrons. The lowest BCUT2D eigenvalue weighted by molar-refractivity contribution is 0.683. The van der Waals surface area contributed by atoms with Crippen LogP contribution >= 0.6 is 0 Å². The minimum atomic E-state index is 0.383. The Morgan fingerprint density at radius 2 is 2.21 bits per heavy atom. The fourth-order valence-corrected chi connectivity index (χ4v) is 3.21. The Labute approximate surface area is 140 Å². The number of fused-ring (bicyclic) bond motifs is 1.